The lowest BCUT2D eigenvalue weighted by molar-refractivity contribution is -0.142. The van der Waals surface area contributed by atoms with Crippen LogP contribution in [0.5, 0.6) is 0 Å². The van der Waals surface area contributed by atoms with Gasteiger partial charge in [0.2, 0.25) is 11.8 Å². The van der Waals surface area contributed by atoms with Crippen molar-refractivity contribution < 1.29 is 14.7 Å². The minimum Gasteiger partial charge on any atom is -0.393 e. The summed E-state index contributed by atoms with van der Waals surface area (Å²) in [6, 6.07) is 0.643. The van der Waals surface area contributed by atoms with Gasteiger partial charge in [0, 0.05) is 12.6 Å². The van der Waals surface area contributed by atoms with Crippen LogP contribution in [0.2, 0.25) is 0 Å². The predicted molar refractivity (Wildman–Crippen MR) is 72.3 cm³/mol. The zero-order valence-electron chi connectivity index (χ0n) is 11.7. The zero-order chi connectivity index (χ0) is 14.5. The molecule has 2 fully saturated rings. The normalized spacial score (nSPS) is 30.7. The maximum atomic E-state index is 11.3. The smallest absolute Gasteiger partial charge is 0.228 e. The Bertz CT molecular complexity index is 323. The molecule has 6 heteroatoms. The lowest BCUT2D eigenvalue weighted by Crippen LogP contribution is -2.61. The molecule has 0 aromatic carbocycles. The van der Waals surface area contributed by atoms with Crippen molar-refractivity contribution in [3.63, 3.8) is 0 Å². The summed E-state index contributed by atoms with van der Waals surface area (Å²) in [6.07, 6.45) is 3.92. The number of nitrogens with one attached hydrogen (secondary N) is 2. The number of rotatable bonds is 3. The van der Waals surface area contributed by atoms with Crippen molar-refractivity contribution in [1.29, 1.82) is 0 Å². The fourth-order valence-electron chi connectivity index (χ4n) is 2.56. The summed E-state index contributed by atoms with van der Waals surface area (Å²) < 4.78 is 0. The lowest BCUT2D eigenvalue weighted by atomic mass is 9.68. The fourth-order valence-corrected chi connectivity index (χ4v) is 2.56. The number of nitrogens with two attached hydrogens (primary N) is 1. The summed E-state index contributed by atoms with van der Waals surface area (Å²) in [5.74, 6) is -0.174. The van der Waals surface area contributed by atoms with E-state index in [2.05, 4.69) is 10.6 Å². The predicted octanol–water partition coefficient (Wildman–Crippen LogP) is -0.493. The second-order valence-corrected chi connectivity index (χ2v) is 5.55. The Morgan fingerprint density at radius 2 is 2.16 bits per heavy atom. The third-order valence-corrected chi connectivity index (χ3v) is 3.92. The first kappa shape index (κ1) is 15.9. The molecular formula is C13H25N3O3. The molecule has 1 saturated heterocycles. The molecular weight excluding hydrogens is 246 g/mol. The van der Waals surface area contributed by atoms with E-state index in [-0.39, 0.29) is 17.7 Å². The van der Waals surface area contributed by atoms with Gasteiger partial charge in [-0.05, 0) is 39.7 Å². The number of amides is 2. The Kier molecular flexibility index (Phi) is 5.75. The molecule has 2 amide bonds. The first-order valence-corrected chi connectivity index (χ1v) is 6.81. The molecule has 2 rings (SSSR count). The van der Waals surface area contributed by atoms with Crippen LogP contribution in [-0.2, 0) is 9.59 Å². The molecule has 6 nitrogen and oxygen atoms in total. The number of aliphatic hydroxyl groups is 1. The third-order valence-electron chi connectivity index (χ3n) is 3.92. The van der Waals surface area contributed by atoms with Crippen LogP contribution in [0.4, 0.5) is 0 Å². The molecule has 1 unspecified atom stereocenters. The van der Waals surface area contributed by atoms with Gasteiger partial charge in [-0.25, -0.2) is 0 Å². The molecule has 1 aliphatic heterocycles. The van der Waals surface area contributed by atoms with E-state index in [9.17, 15) is 9.59 Å². The largest absolute Gasteiger partial charge is 0.393 e. The van der Waals surface area contributed by atoms with E-state index in [1.54, 1.807) is 0 Å². The summed E-state index contributed by atoms with van der Waals surface area (Å²) in [7, 11) is 2.00. The van der Waals surface area contributed by atoms with Crippen molar-refractivity contribution in [3.05, 3.63) is 0 Å². The second-order valence-electron chi connectivity index (χ2n) is 5.55. The first-order valence-electron chi connectivity index (χ1n) is 6.81. The summed E-state index contributed by atoms with van der Waals surface area (Å²) in [6.45, 7) is 2.44. The van der Waals surface area contributed by atoms with Gasteiger partial charge in [0.05, 0.1) is 17.9 Å². The molecule has 1 heterocycles. The van der Waals surface area contributed by atoms with Crippen LogP contribution in [0, 0.1) is 5.41 Å². The Balaban J connectivity index is 0.000000224. The Hall–Kier alpha value is -1.14. The van der Waals surface area contributed by atoms with Gasteiger partial charge >= 0.3 is 0 Å². The average molecular weight is 271 g/mol. The fraction of sp³-hybridized carbons (Fsp3) is 0.846. The number of β-lactam (4-membered cyclic amide) rings is 1. The second kappa shape index (κ2) is 6.86. The Morgan fingerprint density at radius 1 is 1.58 bits per heavy atom. The number of primary amides is 1. The van der Waals surface area contributed by atoms with Gasteiger partial charge < -0.3 is 21.5 Å². The Morgan fingerprint density at radius 3 is 2.37 bits per heavy atom. The molecule has 5 N–H and O–H groups in total. The zero-order valence-corrected chi connectivity index (χ0v) is 11.7. The van der Waals surface area contributed by atoms with E-state index in [4.69, 9.17) is 10.8 Å². The van der Waals surface area contributed by atoms with E-state index in [0.29, 0.717) is 6.04 Å². The van der Waals surface area contributed by atoms with Crippen LogP contribution in [0.15, 0.2) is 0 Å². The molecule has 0 aromatic heterocycles. The molecule has 2 aliphatic rings. The van der Waals surface area contributed by atoms with E-state index < -0.39 is 12.0 Å². The highest BCUT2D eigenvalue weighted by Crippen LogP contribution is 2.40. The van der Waals surface area contributed by atoms with E-state index >= 15 is 0 Å². The van der Waals surface area contributed by atoms with Gasteiger partial charge in [-0.15, -0.1) is 0 Å². The van der Waals surface area contributed by atoms with Crippen molar-refractivity contribution in [2.45, 2.75) is 51.2 Å². The molecule has 1 aliphatic carbocycles. The van der Waals surface area contributed by atoms with Crippen molar-refractivity contribution in [1.82, 2.24) is 10.6 Å². The summed E-state index contributed by atoms with van der Waals surface area (Å²) in [4.78, 5) is 21.1. The van der Waals surface area contributed by atoms with Crippen molar-refractivity contribution in [2.24, 2.45) is 11.1 Å². The standard InChI is InChI=1S/C9H16N2O.C4H9NO2/c1-10-7-2-4-9(5-3-7)6-11-8(9)12;1-3(6)2-4(5)7/h7,10H,2-6H2,1H3,(H,11,12);3,6H,2H2,1H3,(H2,5,7). The highest BCUT2D eigenvalue weighted by Gasteiger charge is 2.47. The topological polar surface area (TPSA) is 104 Å². The molecule has 0 bridgehead atoms. The molecule has 19 heavy (non-hydrogen) atoms. The quantitative estimate of drug-likeness (QED) is 0.520. The van der Waals surface area contributed by atoms with Gasteiger partial charge in [-0.3, -0.25) is 9.59 Å². The highest BCUT2D eigenvalue weighted by atomic mass is 16.3. The monoisotopic (exact) mass is 271 g/mol. The maximum Gasteiger partial charge on any atom is 0.228 e. The van der Waals surface area contributed by atoms with E-state index in [1.807, 2.05) is 7.05 Å². The van der Waals surface area contributed by atoms with Gasteiger partial charge in [0.15, 0.2) is 0 Å². The van der Waals surface area contributed by atoms with Crippen LogP contribution >= 0.6 is 0 Å². The van der Waals surface area contributed by atoms with Crippen molar-refractivity contribution in [3.8, 4) is 0 Å². The summed E-state index contributed by atoms with van der Waals surface area (Å²) in [5.41, 5.74) is 4.74. The van der Waals surface area contributed by atoms with Crippen LogP contribution < -0.4 is 16.4 Å². The van der Waals surface area contributed by atoms with Crippen molar-refractivity contribution >= 4 is 11.8 Å². The molecule has 0 aromatic rings. The van der Waals surface area contributed by atoms with Crippen molar-refractivity contribution in [2.75, 3.05) is 13.6 Å². The summed E-state index contributed by atoms with van der Waals surface area (Å²) in [5, 5.41) is 14.5. The van der Waals surface area contributed by atoms with Crippen LogP contribution in [0.3, 0.4) is 0 Å². The van der Waals surface area contributed by atoms with Gasteiger partial charge in [-0.1, -0.05) is 0 Å². The Labute approximate surface area is 114 Å². The number of hydrogen-bond acceptors (Lipinski definition) is 4. The van der Waals surface area contributed by atoms with E-state index in [1.165, 1.54) is 6.92 Å². The van der Waals surface area contributed by atoms with Crippen LogP contribution in [-0.4, -0.2) is 42.7 Å². The third kappa shape index (κ3) is 4.47. The van der Waals surface area contributed by atoms with Crippen LogP contribution in [0.1, 0.15) is 39.0 Å². The minimum absolute atomic E-state index is 0.0490. The number of aliphatic hydroxyl groups excluding tert-OH is 1. The molecule has 1 atom stereocenters. The molecule has 1 spiro atoms. The van der Waals surface area contributed by atoms with Gasteiger partial charge in [-0.2, -0.15) is 0 Å². The maximum absolute atomic E-state index is 11.3. The van der Waals surface area contributed by atoms with Gasteiger partial charge in [0.25, 0.3) is 0 Å². The molecule has 1 saturated carbocycles. The SMILES string of the molecule is CC(O)CC(N)=O.CNC1CCC2(CC1)CNC2=O. The molecule has 110 valence electrons. The molecule has 0 radical (unpaired) electrons. The van der Waals surface area contributed by atoms with E-state index in [0.717, 1.165) is 32.2 Å². The lowest BCUT2D eigenvalue weighted by Gasteiger charge is -2.45. The first-order chi connectivity index (χ1) is 8.89. The number of hydrogen-bond donors (Lipinski definition) is 4. The summed E-state index contributed by atoms with van der Waals surface area (Å²) >= 11 is 0. The minimum atomic E-state index is -0.600. The average Bonchev–Trinajstić information content (AvgIpc) is 2.36. The highest BCUT2D eigenvalue weighted by molar-refractivity contribution is 5.88. The van der Waals surface area contributed by atoms with Crippen LogP contribution in [0.25, 0.3) is 0 Å². The number of carbonyl (C=O) groups is 2. The number of carbonyl (C=O) groups excluding carboxylic acids is 2. The van der Waals surface area contributed by atoms with Gasteiger partial charge in [0.1, 0.15) is 0 Å².